The van der Waals surface area contributed by atoms with Gasteiger partial charge in [-0.3, -0.25) is 4.79 Å². The van der Waals surface area contributed by atoms with E-state index < -0.39 is 0 Å². The molecule has 4 nitrogen and oxygen atoms in total. The maximum Gasteiger partial charge on any atom is 0.181 e. The lowest BCUT2D eigenvalue weighted by atomic mass is 10.1. The van der Waals surface area contributed by atoms with Crippen molar-refractivity contribution in [2.45, 2.75) is 20.0 Å². The quantitative estimate of drug-likeness (QED) is 0.848. The molecule has 1 aromatic carbocycles. The fourth-order valence-electron chi connectivity index (χ4n) is 1.41. The number of ketones is 1. The summed E-state index contributed by atoms with van der Waals surface area (Å²) in [5, 5.41) is 0. The molecule has 1 rings (SSSR count). The van der Waals surface area contributed by atoms with E-state index in [0.29, 0.717) is 21.5 Å². The number of halogens is 1. The minimum atomic E-state index is -0.188. The zero-order valence-corrected chi connectivity index (χ0v) is 11.7. The minimum absolute atomic E-state index is 0.0532. The number of hydrogen-bond acceptors (Lipinski definition) is 4. The average molecular weight is 302 g/mol. The number of benzene rings is 1. The molecule has 0 aromatic heterocycles. The van der Waals surface area contributed by atoms with Crippen LogP contribution in [0.4, 0.5) is 0 Å². The molecule has 0 atom stereocenters. The molecule has 0 saturated heterocycles. The second kappa shape index (κ2) is 6.02. The summed E-state index contributed by atoms with van der Waals surface area (Å²) >= 11 is 3.33. The molecule has 0 saturated carbocycles. The molecule has 94 valence electrons. The van der Waals surface area contributed by atoms with E-state index in [0.717, 1.165) is 0 Å². The lowest BCUT2D eigenvalue weighted by Crippen LogP contribution is -2.17. The minimum Gasteiger partial charge on any atom is -0.493 e. The van der Waals surface area contributed by atoms with Crippen molar-refractivity contribution in [3.05, 3.63) is 22.2 Å². The molecular formula is C12H16BrNO3. The Hall–Kier alpha value is -1.07. The number of carbonyl (C=O) groups is 1. The number of ether oxygens (including phenoxy) is 2. The predicted molar refractivity (Wildman–Crippen MR) is 69.8 cm³/mol. The summed E-state index contributed by atoms with van der Waals surface area (Å²) in [5.41, 5.74) is 5.83. The molecule has 0 aliphatic heterocycles. The zero-order valence-electron chi connectivity index (χ0n) is 10.1. The second-order valence-electron chi connectivity index (χ2n) is 3.75. The molecule has 5 heteroatoms. The number of hydrogen-bond donors (Lipinski definition) is 1. The summed E-state index contributed by atoms with van der Waals surface area (Å²) in [6.07, 6.45) is -0.0532. The van der Waals surface area contributed by atoms with Crippen LogP contribution < -0.4 is 15.2 Å². The van der Waals surface area contributed by atoms with Crippen molar-refractivity contribution in [2.24, 2.45) is 5.73 Å². The van der Waals surface area contributed by atoms with Gasteiger partial charge in [0.25, 0.3) is 0 Å². The molecule has 0 fully saturated rings. The summed E-state index contributed by atoms with van der Waals surface area (Å²) in [7, 11) is 1.53. The Morgan fingerprint density at radius 2 is 2.12 bits per heavy atom. The van der Waals surface area contributed by atoms with Gasteiger partial charge in [-0.2, -0.15) is 0 Å². The van der Waals surface area contributed by atoms with Gasteiger partial charge in [-0.25, -0.2) is 0 Å². The molecule has 17 heavy (non-hydrogen) atoms. The molecule has 0 spiro atoms. The molecule has 0 heterocycles. The van der Waals surface area contributed by atoms with Crippen LogP contribution in [-0.4, -0.2) is 25.5 Å². The molecular weight excluding hydrogens is 286 g/mol. The Morgan fingerprint density at radius 1 is 1.47 bits per heavy atom. The highest BCUT2D eigenvalue weighted by molar-refractivity contribution is 9.10. The Kier molecular flexibility index (Phi) is 4.96. The number of nitrogens with two attached hydrogens (primary N) is 1. The van der Waals surface area contributed by atoms with Gasteiger partial charge in [-0.1, -0.05) is 0 Å². The highest BCUT2D eigenvalue weighted by Gasteiger charge is 2.20. The van der Waals surface area contributed by atoms with Crippen molar-refractivity contribution in [3.8, 4) is 11.5 Å². The van der Waals surface area contributed by atoms with Crippen LogP contribution in [0.25, 0.3) is 0 Å². The summed E-state index contributed by atoms with van der Waals surface area (Å²) in [6, 6.07) is 3.49. The zero-order chi connectivity index (χ0) is 13.0. The normalized spacial score (nSPS) is 10.5. The number of carbonyl (C=O) groups excluding carboxylic acids is 1. The van der Waals surface area contributed by atoms with Crippen molar-refractivity contribution in [3.63, 3.8) is 0 Å². The molecule has 0 aliphatic carbocycles. The van der Waals surface area contributed by atoms with Crippen molar-refractivity contribution in [1.29, 1.82) is 0 Å². The average Bonchev–Trinajstić information content (AvgIpc) is 2.28. The summed E-state index contributed by atoms with van der Waals surface area (Å²) in [4.78, 5) is 11.8. The SMILES string of the molecule is COc1ccc(Br)c(C(=O)CN)c1OC(C)C. The van der Waals surface area contributed by atoms with E-state index in [1.807, 2.05) is 13.8 Å². The van der Waals surface area contributed by atoms with Crippen molar-refractivity contribution in [2.75, 3.05) is 13.7 Å². The monoisotopic (exact) mass is 301 g/mol. The highest BCUT2D eigenvalue weighted by Crippen LogP contribution is 2.37. The van der Waals surface area contributed by atoms with Gasteiger partial charge < -0.3 is 15.2 Å². The van der Waals surface area contributed by atoms with E-state index in [-0.39, 0.29) is 18.4 Å². The largest absolute Gasteiger partial charge is 0.493 e. The van der Waals surface area contributed by atoms with E-state index >= 15 is 0 Å². The van der Waals surface area contributed by atoms with Crippen LogP contribution in [0.5, 0.6) is 11.5 Å². The molecule has 1 aromatic rings. The standard InChI is InChI=1S/C12H16BrNO3/c1-7(2)17-12-10(16-3)5-4-8(13)11(12)9(15)6-14/h4-5,7H,6,14H2,1-3H3. The van der Waals surface area contributed by atoms with Crippen LogP contribution in [0.15, 0.2) is 16.6 Å². The maximum atomic E-state index is 11.8. The second-order valence-corrected chi connectivity index (χ2v) is 4.60. The van der Waals surface area contributed by atoms with Crippen LogP contribution in [0, 0.1) is 0 Å². The molecule has 2 N–H and O–H groups in total. The topological polar surface area (TPSA) is 61.5 Å². The summed E-state index contributed by atoms with van der Waals surface area (Å²) in [5.74, 6) is 0.775. The van der Waals surface area contributed by atoms with Gasteiger partial charge in [-0.05, 0) is 41.9 Å². The lowest BCUT2D eigenvalue weighted by molar-refractivity contribution is 0.0993. The third-order valence-corrected chi connectivity index (χ3v) is 2.77. The first-order chi connectivity index (χ1) is 8.01. The molecule has 0 bridgehead atoms. The summed E-state index contributed by atoms with van der Waals surface area (Å²) in [6.45, 7) is 3.70. The van der Waals surface area contributed by atoms with E-state index in [9.17, 15) is 4.79 Å². The fourth-order valence-corrected chi connectivity index (χ4v) is 1.95. The van der Waals surface area contributed by atoms with Crippen LogP contribution in [0.1, 0.15) is 24.2 Å². The van der Waals surface area contributed by atoms with Gasteiger partial charge in [0.2, 0.25) is 0 Å². The van der Waals surface area contributed by atoms with E-state index in [1.54, 1.807) is 12.1 Å². The van der Waals surface area contributed by atoms with Gasteiger partial charge in [0.05, 0.1) is 25.3 Å². The number of methoxy groups -OCH3 is 1. The summed E-state index contributed by atoms with van der Waals surface area (Å²) < 4.78 is 11.5. The van der Waals surface area contributed by atoms with Gasteiger partial charge in [0, 0.05) is 4.47 Å². The third kappa shape index (κ3) is 3.20. The Balaban J connectivity index is 3.36. The van der Waals surface area contributed by atoms with E-state index in [1.165, 1.54) is 7.11 Å². The van der Waals surface area contributed by atoms with Gasteiger partial charge in [0.1, 0.15) is 0 Å². The number of Topliss-reactive ketones (excluding diaryl/α,β-unsaturated/α-hetero) is 1. The van der Waals surface area contributed by atoms with Crippen LogP contribution in [-0.2, 0) is 0 Å². The van der Waals surface area contributed by atoms with E-state index in [4.69, 9.17) is 15.2 Å². The van der Waals surface area contributed by atoms with Gasteiger partial charge in [-0.15, -0.1) is 0 Å². The predicted octanol–water partition coefficient (Wildman–Crippen LogP) is 2.39. The molecule has 0 unspecified atom stereocenters. The van der Waals surface area contributed by atoms with Crippen LogP contribution >= 0.6 is 15.9 Å². The van der Waals surface area contributed by atoms with Gasteiger partial charge >= 0.3 is 0 Å². The Labute approximate surface area is 109 Å². The van der Waals surface area contributed by atoms with Crippen molar-refractivity contribution >= 4 is 21.7 Å². The smallest absolute Gasteiger partial charge is 0.181 e. The van der Waals surface area contributed by atoms with E-state index in [2.05, 4.69) is 15.9 Å². The van der Waals surface area contributed by atoms with Gasteiger partial charge in [0.15, 0.2) is 17.3 Å². The Bertz CT molecular complexity index is 418. The first-order valence-corrected chi connectivity index (χ1v) is 6.07. The first-order valence-electron chi connectivity index (χ1n) is 5.27. The molecule has 0 radical (unpaired) electrons. The third-order valence-electron chi connectivity index (χ3n) is 2.11. The van der Waals surface area contributed by atoms with Crippen LogP contribution in [0.3, 0.4) is 0 Å². The van der Waals surface area contributed by atoms with Crippen molar-refractivity contribution < 1.29 is 14.3 Å². The highest BCUT2D eigenvalue weighted by atomic mass is 79.9. The Morgan fingerprint density at radius 3 is 2.59 bits per heavy atom. The molecule has 0 aliphatic rings. The fraction of sp³-hybridized carbons (Fsp3) is 0.417. The maximum absolute atomic E-state index is 11.8. The number of rotatable bonds is 5. The molecule has 0 amide bonds. The van der Waals surface area contributed by atoms with Crippen LogP contribution in [0.2, 0.25) is 0 Å². The lowest BCUT2D eigenvalue weighted by Gasteiger charge is -2.17. The first kappa shape index (κ1) is 14.0. The van der Waals surface area contributed by atoms with Crippen molar-refractivity contribution in [1.82, 2.24) is 0 Å².